The molecule has 0 radical (unpaired) electrons. The number of halogens is 1. The first-order valence-electron chi connectivity index (χ1n) is 7.04. The summed E-state index contributed by atoms with van der Waals surface area (Å²) in [6.07, 6.45) is 0.0440. The number of hydrogen-bond donors (Lipinski definition) is 0. The molecule has 1 aromatic carbocycles. The predicted molar refractivity (Wildman–Crippen MR) is 79.2 cm³/mol. The highest BCUT2D eigenvalue weighted by Crippen LogP contribution is 2.28. The summed E-state index contributed by atoms with van der Waals surface area (Å²) in [7, 11) is 0. The number of nitrogens with zero attached hydrogens (tertiary/aromatic N) is 3. The van der Waals surface area contributed by atoms with Gasteiger partial charge in [0.15, 0.2) is 0 Å². The molecule has 1 aliphatic heterocycles. The van der Waals surface area contributed by atoms with E-state index in [1.807, 2.05) is 24.3 Å². The molecule has 0 aliphatic carbocycles. The molecule has 0 unspecified atom stereocenters. The summed E-state index contributed by atoms with van der Waals surface area (Å²) in [4.78, 5) is 2.30. The predicted octanol–water partition coefficient (Wildman–Crippen LogP) is 3.17. The first-order chi connectivity index (χ1) is 10.1. The Morgan fingerprint density at radius 1 is 1.29 bits per heavy atom. The molecular formula is C15H18ClN3O2. The van der Waals surface area contributed by atoms with Crippen LogP contribution in [0.3, 0.4) is 0 Å². The Morgan fingerprint density at radius 3 is 2.71 bits per heavy atom. The number of ether oxygens (including phenoxy) is 1. The molecule has 21 heavy (non-hydrogen) atoms. The topological polar surface area (TPSA) is 51.4 Å². The zero-order chi connectivity index (χ0) is 14.8. The van der Waals surface area contributed by atoms with E-state index in [4.69, 9.17) is 20.8 Å². The summed E-state index contributed by atoms with van der Waals surface area (Å²) < 4.78 is 11.4. The Morgan fingerprint density at radius 2 is 2.05 bits per heavy atom. The van der Waals surface area contributed by atoms with Crippen molar-refractivity contribution in [1.29, 1.82) is 0 Å². The van der Waals surface area contributed by atoms with Crippen LogP contribution in [0, 0.1) is 6.92 Å². The zero-order valence-electron chi connectivity index (χ0n) is 12.1. The number of aromatic nitrogens is 2. The van der Waals surface area contributed by atoms with Gasteiger partial charge in [0.05, 0.1) is 18.8 Å². The Kier molecular flexibility index (Phi) is 4.24. The lowest BCUT2D eigenvalue weighted by molar-refractivity contribution is -0.0464. The maximum Gasteiger partial charge on any atom is 0.233 e. The lowest BCUT2D eigenvalue weighted by atomic mass is 10.1. The molecule has 0 saturated carbocycles. The molecular weight excluding hydrogens is 290 g/mol. The summed E-state index contributed by atoms with van der Waals surface area (Å²) in [6, 6.07) is 7.90. The molecule has 1 fully saturated rings. The van der Waals surface area contributed by atoms with Crippen LogP contribution in [-0.2, 0) is 4.74 Å². The van der Waals surface area contributed by atoms with Crippen LogP contribution < -0.4 is 0 Å². The highest BCUT2D eigenvalue weighted by Gasteiger charge is 2.28. The summed E-state index contributed by atoms with van der Waals surface area (Å²) >= 11 is 5.93. The molecule has 112 valence electrons. The third kappa shape index (κ3) is 3.26. The van der Waals surface area contributed by atoms with E-state index in [0.717, 1.165) is 23.7 Å². The second kappa shape index (κ2) is 6.13. The van der Waals surface area contributed by atoms with Crippen molar-refractivity contribution >= 4 is 11.6 Å². The summed E-state index contributed by atoms with van der Waals surface area (Å²) in [6.45, 7) is 6.22. The van der Waals surface area contributed by atoms with Gasteiger partial charge in [-0.05, 0) is 24.6 Å². The third-order valence-corrected chi connectivity index (χ3v) is 4.04. The molecule has 0 bridgehead atoms. The van der Waals surface area contributed by atoms with Crippen molar-refractivity contribution in [3.05, 3.63) is 46.6 Å². The fraction of sp³-hybridized carbons (Fsp3) is 0.467. The quantitative estimate of drug-likeness (QED) is 0.872. The fourth-order valence-electron chi connectivity index (χ4n) is 2.54. The van der Waals surface area contributed by atoms with Crippen LogP contribution in [0.25, 0.3) is 0 Å². The zero-order valence-corrected chi connectivity index (χ0v) is 12.9. The standard InChI is InChI=1S/C15H18ClN3O2/c1-10(15-18-17-11(2)21-15)19-7-8-20-14(9-19)12-3-5-13(16)6-4-12/h3-6,10,14H,7-9H2,1-2H3/t10-,14+/m0/s1. The lowest BCUT2D eigenvalue weighted by Crippen LogP contribution is -2.40. The van der Waals surface area contributed by atoms with Gasteiger partial charge >= 0.3 is 0 Å². The van der Waals surface area contributed by atoms with E-state index in [1.54, 1.807) is 6.92 Å². The lowest BCUT2D eigenvalue weighted by Gasteiger charge is -2.35. The minimum absolute atomic E-state index is 0.0440. The van der Waals surface area contributed by atoms with E-state index < -0.39 is 0 Å². The van der Waals surface area contributed by atoms with Gasteiger partial charge in [-0.25, -0.2) is 0 Å². The highest BCUT2D eigenvalue weighted by atomic mass is 35.5. The maximum atomic E-state index is 5.93. The van der Waals surface area contributed by atoms with E-state index in [1.165, 1.54) is 0 Å². The first kappa shape index (κ1) is 14.5. The van der Waals surface area contributed by atoms with Gasteiger partial charge < -0.3 is 9.15 Å². The van der Waals surface area contributed by atoms with Gasteiger partial charge in [0.2, 0.25) is 11.8 Å². The van der Waals surface area contributed by atoms with E-state index in [0.29, 0.717) is 18.4 Å². The number of morpholine rings is 1. The monoisotopic (exact) mass is 307 g/mol. The molecule has 1 saturated heterocycles. The van der Waals surface area contributed by atoms with Gasteiger partial charge in [0.25, 0.3) is 0 Å². The van der Waals surface area contributed by atoms with Crippen LogP contribution in [0.2, 0.25) is 5.02 Å². The van der Waals surface area contributed by atoms with Crippen molar-refractivity contribution in [2.75, 3.05) is 19.7 Å². The molecule has 0 spiro atoms. The van der Waals surface area contributed by atoms with Gasteiger partial charge in [0.1, 0.15) is 0 Å². The average Bonchev–Trinajstić information content (AvgIpc) is 2.94. The van der Waals surface area contributed by atoms with Crippen LogP contribution in [0.5, 0.6) is 0 Å². The van der Waals surface area contributed by atoms with Crippen LogP contribution in [0.15, 0.2) is 28.7 Å². The third-order valence-electron chi connectivity index (χ3n) is 3.79. The van der Waals surface area contributed by atoms with Crippen LogP contribution >= 0.6 is 11.6 Å². The van der Waals surface area contributed by atoms with E-state index in [2.05, 4.69) is 22.0 Å². The second-order valence-corrected chi connectivity index (χ2v) is 5.68. The molecule has 0 N–H and O–H groups in total. The smallest absolute Gasteiger partial charge is 0.233 e. The Labute approximate surface area is 128 Å². The fourth-order valence-corrected chi connectivity index (χ4v) is 2.66. The molecule has 1 aliphatic rings. The summed E-state index contributed by atoms with van der Waals surface area (Å²) in [5.41, 5.74) is 1.14. The summed E-state index contributed by atoms with van der Waals surface area (Å²) in [5.74, 6) is 1.25. The van der Waals surface area contributed by atoms with Gasteiger partial charge in [-0.15, -0.1) is 10.2 Å². The first-order valence-corrected chi connectivity index (χ1v) is 7.42. The molecule has 2 heterocycles. The van der Waals surface area contributed by atoms with Crippen molar-refractivity contribution in [3.63, 3.8) is 0 Å². The van der Waals surface area contributed by atoms with E-state index in [9.17, 15) is 0 Å². The normalized spacial score (nSPS) is 21.4. The second-order valence-electron chi connectivity index (χ2n) is 5.24. The minimum atomic E-state index is 0.0440. The van der Waals surface area contributed by atoms with Gasteiger partial charge in [-0.3, -0.25) is 4.90 Å². The minimum Gasteiger partial charge on any atom is -0.424 e. The van der Waals surface area contributed by atoms with Crippen LogP contribution in [-0.4, -0.2) is 34.8 Å². The van der Waals surface area contributed by atoms with Gasteiger partial charge in [-0.2, -0.15) is 0 Å². The number of aryl methyl sites for hydroxylation is 1. The molecule has 2 atom stereocenters. The van der Waals surface area contributed by atoms with Gasteiger partial charge in [0, 0.05) is 25.0 Å². The van der Waals surface area contributed by atoms with Crippen molar-refractivity contribution in [2.24, 2.45) is 0 Å². The van der Waals surface area contributed by atoms with Gasteiger partial charge in [-0.1, -0.05) is 23.7 Å². The Hall–Kier alpha value is -1.43. The van der Waals surface area contributed by atoms with Crippen LogP contribution in [0.4, 0.5) is 0 Å². The number of rotatable bonds is 3. The number of hydrogen-bond acceptors (Lipinski definition) is 5. The molecule has 6 heteroatoms. The van der Waals surface area contributed by atoms with Crippen molar-refractivity contribution in [1.82, 2.24) is 15.1 Å². The van der Waals surface area contributed by atoms with Crippen LogP contribution in [0.1, 0.15) is 36.4 Å². The Bertz CT molecular complexity index is 599. The average molecular weight is 308 g/mol. The Balaban J connectivity index is 1.72. The summed E-state index contributed by atoms with van der Waals surface area (Å²) in [5, 5.41) is 8.75. The molecule has 1 aromatic heterocycles. The van der Waals surface area contributed by atoms with Crippen molar-refractivity contribution < 1.29 is 9.15 Å². The van der Waals surface area contributed by atoms with Crippen molar-refractivity contribution in [3.8, 4) is 0 Å². The molecule has 5 nitrogen and oxygen atoms in total. The molecule has 2 aromatic rings. The van der Waals surface area contributed by atoms with Crippen molar-refractivity contribution in [2.45, 2.75) is 26.0 Å². The largest absolute Gasteiger partial charge is 0.424 e. The van der Waals surface area contributed by atoms with E-state index in [-0.39, 0.29) is 12.1 Å². The molecule has 3 rings (SSSR count). The van der Waals surface area contributed by atoms with E-state index >= 15 is 0 Å². The number of benzene rings is 1. The SMILES string of the molecule is Cc1nnc([C@H](C)N2CCO[C@@H](c3ccc(Cl)cc3)C2)o1. The molecule has 0 amide bonds. The highest BCUT2D eigenvalue weighted by molar-refractivity contribution is 6.30. The maximum absolute atomic E-state index is 5.93.